The highest BCUT2D eigenvalue weighted by Gasteiger charge is 2.47. The van der Waals surface area contributed by atoms with Gasteiger partial charge in [0.1, 0.15) is 72.9 Å². The number of ketones is 5. The van der Waals surface area contributed by atoms with Crippen molar-refractivity contribution in [1.82, 2.24) is 15.5 Å². The Kier molecular flexibility index (Phi) is 57.1. The quantitative estimate of drug-likeness (QED) is 0.0108. The smallest absolute Gasteiger partial charge is 0.463 e. The van der Waals surface area contributed by atoms with Crippen LogP contribution >= 0.6 is 15.6 Å². The first-order valence-electron chi connectivity index (χ1n) is 47.1. The number of esters is 3. The summed E-state index contributed by atoms with van der Waals surface area (Å²) in [5.74, 6) is -1.55. The molecule has 0 saturated carbocycles. The van der Waals surface area contributed by atoms with Crippen molar-refractivity contribution in [3.05, 3.63) is 0 Å². The standard InChI is InChI=1S/C90H155N3O33P2.CH4O/c1-59-47-79(126-127(106,107)110-14)83(121-59)55-120-128(108,109)125-78-48-72(51-94)93(50-78)86(105)49-85(104)92-90(56-111-44-37-76(101)31-19-15-17-29-73(98)34-22-26-41-114-87-66(8)60(2)63(5)80(122-87)52-117-69(11)95,57-112-45-38-77(102)32-20-16-18-30-74(99)35-23-27-42-115-88-67(9)61(3)64(6)81(123-88)53-118-70(12)96)58-113-46-39-84(103)91-40-25-21-33-75(100)36-24-28-43-116-89-68(10)62(4)65(7)82(124-89)54-119-71(13)97;1-2/h59-68,72,78-83,87-89,94H,15-58H2,1-14H3,(H,91,103)(H,92,104)(H,106,107)(H,108,109);2H,1H3/t59-,60-,61-,62-,63+,64+,65+,66?,67?,68?,72-,78+,79?,80?,81?,82?,83+,87+,88+,89+,90?;/m0./s1. The number of rotatable bonds is 68. The van der Waals surface area contributed by atoms with Crippen LogP contribution in [0.4, 0.5) is 0 Å². The Morgan fingerprint density at radius 1 is 0.415 bits per heavy atom. The zero-order valence-electron chi connectivity index (χ0n) is 80.0. The van der Waals surface area contributed by atoms with Gasteiger partial charge < -0.3 is 97.1 Å². The van der Waals surface area contributed by atoms with Crippen LogP contribution in [0.1, 0.15) is 270 Å². The van der Waals surface area contributed by atoms with Gasteiger partial charge in [0.25, 0.3) is 0 Å². The average molecular weight is 1900 g/mol. The number of aliphatic hydroxyl groups excluding tert-OH is 2. The summed E-state index contributed by atoms with van der Waals surface area (Å²) < 4.78 is 123. The maximum absolute atomic E-state index is 14.5. The van der Waals surface area contributed by atoms with E-state index in [0.717, 1.165) is 19.1 Å². The summed E-state index contributed by atoms with van der Waals surface area (Å²) in [4.78, 5) is 164. The SMILES string of the molecule is CO.COP(=O)(O)OC1C[C@H](C)O[C@@H]1COP(=O)(O)O[C@@H]1C[C@@H](CO)N(C(=O)CC(=O)NC(COCCC(=O)CCCCCC(=O)CCCCO[C@@H]2OC(COC(C)=O)[C@H](C)[C@H](C)C2C)(COCCC(=O)CCCCCC(=O)CCCCO[C@@H]2OC(COC(C)=O)[C@H](C)[C@H](C)C2C)COCCC(=O)NCCCCC(=O)CCCCO[C@@H]2OC(COC(C)=O)[C@H](C)[C@H](C)C2C)C1. The molecule has 5 saturated heterocycles. The third-order valence-electron chi connectivity index (χ3n) is 25.6. The summed E-state index contributed by atoms with van der Waals surface area (Å²) >= 11 is 0. The van der Waals surface area contributed by atoms with E-state index in [9.17, 15) is 76.8 Å². The number of likely N-dealkylation sites (tertiary alicyclic amines) is 1. The normalized spacial score (nSPS) is 27.6. The molecule has 0 aliphatic carbocycles. The summed E-state index contributed by atoms with van der Waals surface area (Å²) in [5, 5.41) is 23.2. The highest BCUT2D eigenvalue weighted by Crippen LogP contribution is 2.50. The summed E-state index contributed by atoms with van der Waals surface area (Å²) in [6.07, 6.45) is 3.62. The third-order valence-corrected chi connectivity index (χ3v) is 27.6. The molecule has 3 amide bonds. The maximum Gasteiger partial charge on any atom is 0.472 e. The van der Waals surface area contributed by atoms with E-state index in [2.05, 4.69) is 77.5 Å². The number of Topliss-reactive ketones (excluding diaryl/α,β-unsaturated/α-hetero) is 5. The minimum Gasteiger partial charge on any atom is -0.463 e. The number of amides is 3. The van der Waals surface area contributed by atoms with Crippen LogP contribution in [0.15, 0.2) is 0 Å². The van der Waals surface area contributed by atoms with Crippen molar-refractivity contribution >= 4 is 80.2 Å². The molecular formula is C91H159N3O34P2. The number of carbonyl (C=O) groups is 11. The lowest BCUT2D eigenvalue weighted by atomic mass is 9.79. The molecule has 6 N–H and O–H groups in total. The van der Waals surface area contributed by atoms with E-state index in [1.807, 2.05) is 0 Å². The summed E-state index contributed by atoms with van der Waals surface area (Å²) in [5.41, 5.74) is -1.67. The number of carbonyl (C=O) groups excluding carboxylic acids is 11. The molecule has 5 aliphatic heterocycles. The molecule has 37 nitrogen and oxygen atoms in total. The molecule has 5 aliphatic rings. The molecule has 0 radical (unpaired) electrons. The zero-order valence-corrected chi connectivity index (χ0v) is 81.8. The Morgan fingerprint density at radius 3 is 1.16 bits per heavy atom. The van der Waals surface area contributed by atoms with E-state index in [1.54, 1.807) is 6.92 Å². The minimum absolute atomic E-state index is 0.0461. The van der Waals surface area contributed by atoms with Gasteiger partial charge in [-0.25, -0.2) is 9.13 Å². The number of phosphoric acid groups is 2. The van der Waals surface area contributed by atoms with Crippen molar-refractivity contribution in [3.8, 4) is 0 Å². The lowest BCUT2D eigenvalue weighted by Gasteiger charge is -2.43. The van der Waals surface area contributed by atoms with Crippen LogP contribution in [0, 0.1) is 53.3 Å². The van der Waals surface area contributed by atoms with E-state index >= 15 is 0 Å². The topological polar surface area (TPSA) is 487 Å². The number of ether oxygens (including phenoxy) is 13. The molecule has 0 aromatic heterocycles. The largest absolute Gasteiger partial charge is 0.472 e. The second-order valence-corrected chi connectivity index (χ2v) is 38.8. The van der Waals surface area contributed by atoms with Crippen LogP contribution in [0.3, 0.4) is 0 Å². The predicted octanol–water partition coefficient (Wildman–Crippen LogP) is 10.6. The van der Waals surface area contributed by atoms with Crippen molar-refractivity contribution in [2.24, 2.45) is 53.3 Å². The highest BCUT2D eigenvalue weighted by molar-refractivity contribution is 7.47. The molecule has 752 valence electrons. The Bertz CT molecular complexity index is 3220. The zero-order chi connectivity index (χ0) is 96.5. The number of aliphatic hydroxyl groups is 2. The van der Waals surface area contributed by atoms with Gasteiger partial charge in [-0.2, -0.15) is 0 Å². The third kappa shape index (κ3) is 45.7. The fourth-order valence-electron chi connectivity index (χ4n) is 16.5. The number of nitrogens with zero attached hydrogens (tertiary/aromatic N) is 1. The second-order valence-electron chi connectivity index (χ2n) is 35.9. The van der Waals surface area contributed by atoms with Crippen LogP contribution in [0.5, 0.6) is 0 Å². The molecule has 5 fully saturated rings. The Hall–Kier alpha value is -5.09. The monoisotopic (exact) mass is 1900 g/mol. The number of nitrogens with one attached hydrogen (secondary N) is 2. The second kappa shape index (κ2) is 63.3. The molecule has 9 unspecified atom stereocenters. The number of hydrogen-bond acceptors (Lipinski definition) is 32. The van der Waals surface area contributed by atoms with Gasteiger partial charge in [0.05, 0.1) is 89.4 Å². The summed E-state index contributed by atoms with van der Waals surface area (Å²) in [6, 6.07) is -1.00. The molecule has 130 heavy (non-hydrogen) atoms. The van der Waals surface area contributed by atoms with E-state index in [-0.39, 0.29) is 235 Å². The van der Waals surface area contributed by atoms with Crippen LogP contribution in [-0.4, -0.2) is 282 Å². The van der Waals surface area contributed by atoms with Gasteiger partial charge in [-0.05, 0) is 126 Å². The first-order valence-corrected chi connectivity index (χ1v) is 50.1. The van der Waals surface area contributed by atoms with E-state index in [0.29, 0.717) is 148 Å². The van der Waals surface area contributed by atoms with Gasteiger partial charge in [0, 0.05) is 163 Å². The Morgan fingerprint density at radius 2 is 0.785 bits per heavy atom. The molecule has 0 bridgehead atoms. The first-order chi connectivity index (χ1) is 61.7. The molecule has 0 aromatic rings. The van der Waals surface area contributed by atoms with E-state index in [1.165, 1.54) is 20.8 Å². The van der Waals surface area contributed by atoms with Crippen LogP contribution in [0.25, 0.3) is 0 Å². The van der Waals surface area contributed by atoms with E-state index < -0.39 is 109 Å². The van der Waals surface area contributed by atoms with Gasteiger partial charge >= 0.3 is 33.6 Å². The van der Waals surface area contributed by atoms with E-state index in [4.69, 9.17) is 80.3 Å². The van der Waals surface area contributed by atoms with Crippen molar-refractivity contribution < 1.29 is 162 Å². The molecule has 5 rings (SSSR count). The fraction of sp³-hybridized carbons (Fsp3) is 0.879. The fourth-order valence-corrected chi connectivity index (χ4v) is 18.0. The van der Waals surface area contributed by atoms with Crippen LogP contribution < -0.4 is 10.6 Å². The van der Waals surface area contributed by atoms with Gasteiger partial charge in [0.15, 0.2) is 18.9 Å². The number of hydrogen-bond donors (Lipinski definition) is 6. The lowest BCUT2D eigenvalue weighted by Crippen LogP contribution is -2.59. The lowest BCUT2D eigenvalue weighted by molar-refractivity contribution is -0.255. The van der Waals surface area contributed by atoms with Gasteiger partial charge in [-0.3, -0.25) is 70.8 Å². The molecule has 39 heteroatoms. The highest BCUT2D eigenvalue weighted by atomic mass is 31.2. The molecule has 5 heterocycles. The minimum atomic E-state index is -4.97. The Balaban J connectivity index is 0.0000176. The molecule has 0 aromatic carbocycles. The van der Waals surface area contributed by atoms with Crippen molar-refractivity contribution in [3.63, 3.8) is 0 Å². The number of unbranched alkanes of at least 4 members (excludes halogenated alkanes) is 8. The summed E-state index contributed by atoms with van der Waals surface area (Å²) in [6.45, 7) is 23.2. The first kappa shape index (κ1) is 117. The summed E-state index contributed by atoms with van der Waals surface area (Å²) in [7, 11) is -7.49. The van der Waals surface area contributed by atoms with Crippen LogP contribution in [0.2, 0.25) is 0 Å². The molecular weight excluding hydrogens is 1740 g/mol. The predicted molar refractivity (Wildman–Crippen MR) is 474 cm³/mol. The van der Waals surface area contributed by atoms with Gasteiger partial charge in [-0.1, -0.05) is 75.2 Å². The molecule has 22 atom stereocenters. The average Bonchev–Trinajstić information content (AvgIpc) is 1.44. The molecule has 0 spiro atoms. The van der Waals surface area contributed by atoms with Gasteiger partial charge in [-0.15, -0.1) is 0 Å². The van der Waals surface area contributed by atoms with Gasteiger partial charge in [0.2, 0.25) is 17.7 Å². The van der Waals surface area contributed by atoms with Crippen molar-refractivity contribution in [2.75, 3.05) is 120 Å². The Labute approximate surface area is 769 Å². The maximum atomic E-state index is 14.5. The van der Waals surface area contributed by atoms with Crippen molar-refractivity contribution in [2.45, 2.75) is 343 Å². The van der Waals surface area contributed by atoms with Crippen molar-refractivity contribution in [1.29, 1.82) is 0 Å². The number of phosphoric ester groups is 2. The van der Waals surface area contributed by atoms with Crippen LogP contribution in [-0.2, 0) is 142 Å².